The number of carbonyl (C=O) groups excluding carboxylic acids is 2. The second-order valence-electron chi connectivity index (χ2n) is 7.25. The van der Waals surface area contributed by atoms with Gasteiger partial charge in [-0.1, -0.05) is 38.1 Å². The lowest BCUT2D eigenvalue weighted by Crippen LogP contribution is -2.38. The fourth-order valence-corrected chi connectivity index (χ4v) is 3.25. The number of fused-ring (bicyclic) bond motifs is 1. The molecular weight excluding hydrogens is 340 g/mol. The number of ether oxygens (including phenoxy) is 1. The molecular formula is C22H26N2O3. The van der Waals surface area contributed by atoms with Gasteiger partial charge in [0.25, 0.3) is 5.91 Å². The fraction of sp³-hybridized carbons (Fsp3) is 0.364. The van der Waals surface area contributed by atoms with Crippen LogP contribution in [0.15, 0.2) is 42.5 Å². The number of rotatable bonds is 5. The average Bonchev–Trinajstić information content (AvgIpc) is 2.66. The Hall–Kier alpha value is -2.82. The molecule has 0 aliphatic carbocycles. The van der Waals surface area contributed by atoms with Gasteiger partial charge in [-0.3, -0.25) is 9.59 Å². The highest BCUT2D eigenvalue weighted by Gasteiger charge is 2.22. The van der Waals surface area contributed by atoms with E-state index in [9.17, 15) is 9.59 Å². The molecule has 1 aliphatic rings. The van der Waals surface area contributed by atoms with Crippen molar-refractivity contribution in [3.8, 4) is 5.75 Å². The highest BCUT2D eigenvalue weighted by Crippen LogP contribution is 2.24. The summed E-state index contributed by atoms with van der Waals surface area (Å²) in [6, 6.07) is 13.5. The molecule has 0 atom stereocenters. The van der Waals surface area contributed by atoms with Gasteiger partial charge in [0, 0.05) is 24.7 Å². The molecule has 1 N–H and O–H groups in total. The Morgan fingerprint density at radius 1 is 1.15 bits per heavy atom. The highest BCUT2D eigenvalue weighted by atomic mass is 16.5. The van der Waals surface area contributed by atoms with E-state index >= 15 is 0 Å². The number of aryl methyl sites for hydroxylation is 1. The summed E-state index contributed by atoms with van der Waals surface area (Å²) in [5, 5.41) is 2.88. The first kappa shape index (κ1) is 19.0. The van der Waals surface area contributed by atoms with Crippen LogP contribution < -0.4 is 10.1 Å². The van der Waals surface area contributed by atoms with Crippen LogP contribution in [0.1, 0.15) is 30.5 Å². The Labute approximate surface area is 160 Å². The zero-order chi connectivity index (χ0) is 19.4. The zero-order valence-electron chi connectivity index (χ0n) is 16.1. The maximum absolute atomic E-state index is 12.3. The number of para-hydroxylation sites is 1. The molecule has 142 valence electrons. The van der Waals surface area contributed by atoms with Gasteiger partial charge < -0.3 is 15.0 Å². The Kier molecular flexibility index (Phi) is 5.79. The van der Waals surface area contributed by atoms with Crippen molar-refractivity contribution in [3.63, 3.8) is 0 Å². The minimum Gasteiger partial charge on any atom is -0.483 e. The maximum Gasteiger partial charge on any atom is 0.262 e. The van der Waals surface area contributed by atoms with E-state index in [1.165, 1.54) is 5.56 Å². The first-order chi connectivity index (χ1) is 12.9. The van der Waals surface area contributed by atoms with Crippen LogP contribution in [0.5, 0.6) is 5.75 Å². The molecule has 5 heteroatoms. The van der Waals surface area contributed by atoms with Crippen LogP contribution in [0.4, 0.5) is 5.69 Å². The minimum absolute atomic E-state index is 0.00646. The third kappa shape index (κ3) is 4.67. The molecule has 0 radical (unpaired) electrons. The van der Waals surface area contributed by atoms with Crippen LogP contribution >= 0.6 is 0 Å². The number of amides is 2. The molecule has 0 saturated heterocycles. The van der Waals surface area contributed by atoms with Gasteiger partial charge in [-0.05, 0) is 48.2 Å². The number of nitrogens with one attached hydrogen (secondary N) is 1. The number of hydrogen-bond donors (Lipinski definition) is 1. The van der Waals surface area contributed by atoms with Gasteiger partial charge in [0.1, 0.15) is 5.75 Å². The molecule has 2 aromatic carbocycles. The van der Waals surface area contributed by atoms with E-state index in [4.69, 9.17) is 4.74 Å². The highest BCUT2D eigenvalue weighted by molar-refractivity contribution is 5.92. The van der Waals surface area contributed by atoms with Crippen molar-refractivity contribution in [2.45, 2.75) is 33.7 Å². The first-order valence-corrected chi connectivity index (χ1v) is 9.33. The van der Waals surface area contributed by atoms with E-state index < -0.39 is 0 Å². The van der Waals surface area contributed by atoms with Crippen molar-refractivity contribution in [1.82, 2.24) is 4.90 Å². The molecule has 2 amide bonds. The van der Waals surface area contributed by atoms with Crippen molar-refractivity contribution in [3.05, 3.63) is 59.2 Å². The molecule has 0 unspecified atom stereocenters. The van der Waals surface area contributed by atoms with Gasteiger partial charge in [-0.25, -0.2) is 0 Å². The Morgan fingerprint density at radius 2 is 1.93 bits per heavy atom. The van der Waals surface area contributed by atoms with Crippen molar-refractivity contribution in [1.29, 1.82) is 0 Å². The van der Waals surface area contributed by atoms with Gasteiger partial charge in [0.15, 0.2) is 6.61 Å². The van der Waals surface area contributed by atoms with E-state index in [0.717, 1.165) is 29.8 Å². The van der Waals surface area contributed by atoms with E-state index in [1.807, 2.05) is 68.1 Å². The zero-order valence-corrected chi connectivity index (χ0v) is 16.1. The molecule has 2 aromatic rings. The Bertz CT molecular complexity index is 845. The van der Waals surface area contributed by atoms with E-state index in [2.05, 4.69) is 5.32 Å². The van der Waals surface area contributed by atoms with Crippen LogP contribution in [-0.2, 0) is 22.6 Å². The monoisotopic (exact) mass is 366 g/mol. The summed E-state index contributed by atoms with van der Waals surface area (Å²) in [6.07, 6.45) is 0.846. The summed E-state index contributed by atoms with van der Waals surface area (Å²) in [7, 11) is 0. The number of benzene rings is 2. The van der Waals surface area contributed by atoms with Crippen LogP contribution in [0.3, 0.4) is 0 Å². The number of carbonyl (C=O) groups is 2. The second-order valence-corrected chi connectivity index (χ2v) is 7.25. The van der Waals surface area contributed by atoms with Crippen molar-refractivity contribution >= 4 is 17.5 Å². The van der Waals surface area contributed by atoms with Crippen molar-refractivity contribution in [2.24, 2.45) is 5.92 Å². The summed E-state index contributed by atoms with van der Waals surface area (Å²) in [5.41, 5.74) is 4.05. The maximum atomic E-state index is 12.3. The Balaban J connectivity index is 1.61. The van der Waals surface area contributed by atoms with E-state index in [-0.39, 0.29) is 24.3 Å². The molecule has 0 saturated carbocycles. The number of anilines is 1. The lowest BCUT2D eigenvalue weighted by atomic mass is 9.98. The summed E-state index contributed by atoms with van der Waals surface area (Å²) in [5.74, 6) is 0.666. The predicted octanol–water partition coefficient (Wildman–Crippen LogP) is 3.55. The topological polar surface area (TPSA) is 58.6 Å². The van der Waals surface area contributed by atoms with E-state index in [0.29, 0.717) is 12.3 Å². The van der Waals surface area contributed by atoms with Gasteiger partial charge in [0.2, 0.25) is 5.91 Å². The molecule has 1 heterocycles. The third-order valence-corrected chi connectivity index (χ3v) is 4.76. The SMILES string of the molecule is Cc1ccccc1OCC(=O)Nc1ccc2c(c1)CN(C(=O)C(C)C)CC2. The lowest BCUT2D eigenvalue weighted by molar-refractivity contribution is -0.135. The number of nitrogens with zero attached hydrogens (tertiary/aromatic N) is 1. The average molecular weight is 366 g/mol. The molecule has 1 aliphatic heterocycles. The molecule has 0 spiro atoms. The van der Waals surface area contributed by atoms with Crippen molar-refractivity contribution in [2.75, 3.05) is 18.5 Å². The third-order valence-electron chi connectivity index (χ3n) is 4.76. The van der Waals surface area contributed by atoms with Gasteiger partial charge in [-0.2, -0.15) is 0 Å². The smallest absolute Gasteiger partial charge is 0.262 e. The van der Waals surface area contributed by atoms with Crippen LogP contribution in [0.25, 0.3) is 0 Å². The summed E-state index contributed by atoms with van der Waals surface area (Å²) in [6.45, 7) is 7.09. The summed E-state index contributed by atoms with van der Waals surface area (Å²) >= 11 is 0. The quantitative estimate of drug-likeness (QED) is 0.880. The number of hydrogen-bond acceptors (Lipinski definition) is 3. The van der Waals surface area contributed by atoms with E-state index in [1.54, 1.807) is 0 Å². The second kappa shape index (κ2) is 8.25. The fourth-order valence-electron chi connectivity index (χ4n) is 3.25. The molecule has 5 nitrogen and oxygen atoms in total. The Morgan fingerprint density at radius 3 is 2.67 bits per heavy atom. The summed E-state index contributed by atoms with van der Waals surface area (Å²) in [4.78, 5) is 26.4. The normalized spacial score (nSPS) is 13.3. The van der Waals surface area contributed by atoms with Crippen molar-refractivity contribution < 1.29 is 14.3 Å². The van der Waals surface area contributed by atoms with Crippen LogP contribution in [-0.4, -0.2) is 29.9 Å². The largest absolute Gasteiger partial charge is 0.483 e. The molecule has 27 heavy (non-hydrogen) atoms. The molecule has 0 bridgehead atoms. The minimum atomic E-state index is -0.205. The molecule has 0 fully saturated rings. The van der Waals surface area contributed by atoms with Gasteiger partial charge in [-0.15, -0.1) is 0 Å². The standard InChI is InChI=1S/C22H26N2O3/c1-15(2)22(26)24-11-10-17-8-9-19(12-18(17)13-24)23-21(25)14-27-20-7-5-4-6-16(20)3/h4-9,12,15H,10-11,13-14H2,1-3H3,(H,23,25). The molecule has 0 aromatic heterocycles. The van der Waals surface area contributed by atoms with Gasteiger partial charge in [0.05, 0.1) is 0 Å². The molecule has 3 rings (SSSR count). The summed E-state index contributed by atoms with van der Waals surface area (Å²) < 4.78 is 5.59. The van der Waals surface area contributed by atoms with Gasteiger partial charge >= 0.3 is 0 Å². The van der Waals surface area contributed by atoms with Crippen LogP contribution in [0, 0.1) is 12.8 Å². The lowest BCUT2D eigenvalue weighted by Gasteiger charge is -2.30. The first-order valence-electron chi connectivity index (χ1n) is 9.33. The predicted molar refractivity (Wildman–Crippen MR) is 106 cm³/mol. The van der Waals surface area contributed by atoms with Crippen LogP contribution in [0.2, 0.25) is 0 Å².